The predicted molar refractivity (Wildman–Crippen MR) is 65.0 cm³/mol. The average molecular weight is 199 g/mol. The third kappa shape index (κ3) is 2.35. The van der Waals surface area contributed by atoms with E-state index in [1.807, 2.05) is 13.1 Å². The summed E-state index contributed by atoms with van der Waals surface area (Å²) >= 11 is 0. The molecular formula is C14H17N. The molecule has 2 rings (SSSR count). The molecule has 0 atom stereocenters. The summed E-state index contributed by atoms with van der Waals surface area (Å²) in [5.74, 6) is 0.713. The summed E-state index contributed by atoms with van der Waals surface area (Å²) in [4.78, 5) is 4.30. The summed E-state index contributed by atoms with van der Waals surface area (Å²) in [7, 11) is 0. The van der Waals surface area contributed by atoms with E-state index in [1.54, 1.807) is 0 Å². The minimum absolute atomic E-state index is 0.713. The van der Waals surface area contributed by atoms with Gasteiger partial charge in [-0.15, -0.1) is 0 Å². The summed E-state index contributed by atoms with van der Waals surface area (Å²) in [6.07, 6.45) is 3.10. The van der Waals surface area contributed by atoms with Gasteiger partial charge in [-0.05, 0) is 36.3 Å². The number of hydrogen-bond donors (Lipinski definition) is 0. The fourth-order valence-corrected chi connectivity index (χ4v) is 1.90. The van der Waals surface area contributed by atoms with Crippen LogP contribution in [-0.2, 0) is 6.42 Å². The molecule has 0 unspecified atom stereocenters. The number of nitrogens with zero attached hydrogens (tertiary/aromatic N) is 1. The van der Waals surface area contributed by atoms with Crippen LogP contribution in [0, 0.1) is 12.8 Å². The Labute approximate surface area is 91.2 Å². The van der Waals surface area contributed by atoms with Crippen LogP contribution < -0.4 is 0 Å². The summed E-state index contributed by atoms with van der Waals surface area (Å²) in [5, 5.41) is 2.54. The minimum Gasteiger partial charge on any atom is -0.261 e. The van der Waals surface area contributed by atoms with Crippen molar-refractivity contribution in [3.05, 3.63) is 41.7 Å². The molecule has 78 valence electrons. The van der Waals surface area contributed by atoms with E-state index >= 15 is 0 Å². The summed E-state index contributed by atoms with van der Waals surface area (Å²) in [6.45, 7) is 6.54. The zero-order valence-corrected chi connectivity index (χ0v) is 9.62. The van der Waals surface area contributed by atoms with Gasteiger partial charge in [-0.25, -0.2) is 0 Å². The average Bonchev–Trinajstić information content (AvgIpc) is 2.16. The van der Waals surface area contributed by atoms with Crippen molar-refractivity contribution in [2.75, 3.05) is 0 Å². The highest BCUT2D eigenvalue weighted by molar-refractivity contribution is 5.82. The van der Waals surface area contributed by atoms with Crippen molar-refractivity contribution in [3.63, 3.8) is 0 Å². The van der Waals surface area contributed by atoms with E-state index < -0.39 is 0 Å². The molecule has 1 aromatic heterocycles. The monoisotopic (exact) mass is 199 g/mol. The van der Waals surface area contributed by atoms with Crippen LogP contribution in [0.2, 0.25) is 0 Å². The molecule has 15 heavy (non-hydrogen) atoms. The van der Waals surface area contributed by atoms with Crippen LogP contribution in [-0.4, -0.2) is 4.98 Å². The summed E-state index contributed by atoms with van der Waals surface area (Å²) in [6, 6.07) is 8.81. The number of pyridine rings is 1. The van der Waals surface area contributed by atoms with Crippen LogP contribution in [0.25, 0.3) is 10.8 Å². The summed E-state index contributed by atoms with van der Waals surface area (Å²) < 4.78 is 0. The van der Waals surface area contributed by atoms with Crippen molar-refractivity contribution in [3.8, 4) is 0 Å². The van der Waals surface area contributed by atoms with Gasteiger partial charge in [-0.3, -0.25) is 4.98 Å². The standard InChI is InChI=1S/C14H17N/c1-10(2)6-12-4-5-13-9-15-11(3)7-14(13)8-12/h4-5,7-10H,6H2,1-3H3. The van der Waals surface area contributed by atoms with E-state index in [-0.39, 0.29) is 0 Å². The molecule has 1 nitrogen and oxygen atoms in total. The van der Waals surface area contributed by atoms with Gasteiger partial charge in [0.1, 0.15) is 0 Å². The van der Waals surface area contributed by atoms with Gasteiger partial charge < -0.3 is 0 Å². The molecule has 0 bridgehead atoms. The largest absolute Gasteiger partial charge is 0.261 e. The van der Waals surface area contributed by atoms with Gasteiger partial charge in [0.25, 0.3) is 0 Å². The van der Waals surface area contributed by atoms with E-state index in [0.29, 0.717) is 5.92 Å². The maximum Gasteiger partial charge on any atom is 0.0379 e. The highest BCUT2D eigenvalue weighted by atomic mass is 14.6. The van der Waals surface area contributed by atoms with E-state index in [2.05, 4.69) is 43.1 Å². The second-order valence-corrected chi connectivity index (χ2v) is 4.61. The van der Waals surface area contributed by atoms with Crippen molar-refractivity contribution in [1.82, 2.24) is 4.98 Å². The quantitative estimate of drug-likeness (QED) is 0.718. The second-order valence-electron chi connectivity index (χ2n) is 4.61. The lowest BCUT2D eigenvalue weighted by atomic mass is 10.0. The zero-order valence-electron chi connectivity index (χ0n) is 9.62. The number of fused-ring (bicyclic) bond motifs is 1. The van der Waals surface area contributed by atoms with Gasteiger partial charge in [0, 0.05) is 17.3 Å². The van der Waals surface area contributed by atoms with Crippen LogP contribution in [0.5, 0.6) is 0 Å². The molecule has 1 aromatic carbocycles. The first-order valence-corrected chi connectivity index (χ1v) is 5.50. The van der Waals surface area contributed by atoms with Gasteiger partial charge in [0.15, 0.2) is 0 Å². The molecule has 0 spiro atoms. The van der Waals surface area contributed by atoms with Crippen LogP contribution in [0.15, 0.2) is 30.5 Å². The van der Waals surface area contributed by atoms with Crippen LogP contribution in [0.4, 0.5) is 0 Å². The number of benzene rings is 1. The number of aryl methyl sites for hydroxylation is 1. The van der Waals surface area contributed by atoms with Crippen LogP contribution in [0.1, 0.15) is 25.1 Å². The lowest BCUT2D eigenvalue weighted by Gasteiger charge is -2.06. The third-order valence-electron chi connectivity index (χ3n) is 2.57. The van der Waals surface area contributed by atoms with Gasteiger partial charge >= 0.3 is 0 Å². The maximum atomic E-state index is 4.30. The molecule has 0 saturated carbocycles. The molecule has 0 N–H and O–H groups in total. The van der Waals surface area contributed by atoms with Gasteiger partial charge in [0.2, 0.25) is 0 Å². The first kappa shape index (κ1) is 10.2. The minimum atomic E-state index is 0.713. The zero-order chi connectivity index (χ0) is 10.8. The molecule has 0 saturated heterocycles. The van der Waals surface area contributed by atoms with E-state index in [4.69, 9.17) is 0 Å². The highest BCUT2D eigenvalue weighted by Gasteiger charge is 2.00. The van der Waals surface area contributed by atoms with Gasteiger partial charge in [-0.1, -0.05) is 32.0 Å². The van der Waals surface area contributed by atoms with E-state index in [1.165, 1.54) is 16.3 Å². The maximum absolute atomic E-state index is 4.30. The van der Waals surface area contributed by atoms with Crippen molar-refractivity contribution in [1.29, 1.82) is 0 Å². The first-order valence-electron chi connectivity index (χ1n) is 5.50. The molecular weight excluding hydrogens is 182 g/mol. The molecule has 0 radical (unpaired) electrons. The van der Waals surface area contributed by atoms with Crippen LogP contribution >= 0.6 is 0 Å². The lowest BCUT2D eigenvalue weighted by molar-refractivity contribution is 0.648. The van der Waals surface area contributed by atoms with Crippen molar-refractivity contribution >= 4 is 10.8 Å². The number of aromatic nitrogens is 1. The summed E-state index contributed by atoms with van der Waals surface area (Å²) in [5.41, 5.74) is 2.51. The fourth-order valence-electron chi connectivity index (χ4n) is 1.90. The smallest absolute Gasteiger partial charge is 0.0379 e. The molecule has 0 aliphatic heterocycles. The normalized spacial score (nSPS) is 11.2. The van der Waals surface area contributed by atoms with Crippen molar-refractivity contribution in [2.45, 2.75) is 27.2 Å². The Morgan fingerprint density at radius 2 is 1.93 bits per heavy atom. The first-order chi connectivity index (χ1) is 7.15. The molecule has 0 amide bonds. The molecule has 0 fully saturated rings. The van der Waals surface area contributed by atoms with Crippen LogP contribution in [0.3, 0.4) is 0 Å². The molecule has 2 aromatic rings. The lowest BCUT2D eigenvalue weighted by Crippen LogP contribution is -1.93. The van der Waals surface area contributed by atoms with E-state index in [0.717, 1.165) is 12.1 Å². The van der Waals surface area contributed by atoms with Crippen molar-refractivity contribution < 1.29 is 0 Å². The molecule has 1 heteroatoms. The number of rotatable bonds is 2. The van der Waals surface area contributed by atoms with Gasteiger partial charge in [-0.2, -0.15) is 0 Å². The third-order valence-corrected chi connectivity index (χ3v) is 2.57. The Morgan fingerprint density at radius 1 is 1.13 bits per heavy atom. The second kappa shape index (κ2) is 4.01. The molecule has 0 aliphatic rings. The Kier molecular flexibility index (Phi) is 2.72. The molecule has 0 aliphatic carbocycles. The molecule has 1 heterocycles. The highest BCUT2D eigenvalue weighted by Crippen LogP contribution is 2.18. The Hall–Kier alpha value is -1.37. The van der Waals surface area contributed by atoms with Crippen molar-refractivity contribution in [2.24, 2.45) is 5.92 Å². The number of hydrogen-bond acceptors (Lipinski definition) is 1. The fraction of sp³-hybridized carbons (Fsp3) is 0.357. The topological polar surface area (TPSA) is 12.9 Å². The van der Waals surface area contributed by atoms with Gasteiger partial charge in [0.05, 0.1) is 0 Å². The predicted octanol–water partition coefficient (Wildman–Crippen LogP) is 3.74. The van der Waals surface area contributed by atoms with E-state index in [9.17, 15) is 0 Å². The Morgan fingerprint density at radius 3 is 2.67 bits per heavy atom. The Bertz CT molecular complexity index is 472. The SMILES string of the molecule is Cc1cc2cc(CC(C)C)ccc2cn1. The Balaban J connectivity index is 2.45.